The highest BCUT2D eigenvalue weighted by Gasteiger charge is 2.08. The van der Waals surface area contributed by atoms with E-state index in [1.165, 1.54) is 0 Å². The molecule has 0 aliphatic heterocycles. The smallest absolute Gasteiger partial charge is 0.144 e. The number of benzene rings is 2. The van der Waals surface area contributed by atoms with E-state index in [0.29, 0.717) is 5.52 Å². The Bertz CT molecular complexity index is 882. The van der Waals surface area contributed by atoms with E-state index >= 15 is 0 Å². The highest BCUT2D eigenvalue weighted by Crippen LogP contribution is 2.30. The van der Waals surface area contributed by atoms with E-state index in [0.717, 1.165) is 33.5 Å². The second-order valence-corrected chi connectivity index (χ2v) is 5.45. The quantitative estimate of drug-likeness (QED) is 0.691. The summed E-state index contributed by atoms with van der Waals surface area (Å²) in [5, 5.41) is 11.2. The summed E-state index contributed by atoms with van der Waals surface area (Å²) in [5.74, 6) is 0.245. The van der Waals surface area contributed by atoms with Crippen LogP contribution in [0.5, 0.6) is 5.75 Å². The lowest BCUT2D eigenvalue weighted by molar-refractivity contribution is 0.476. The molecule has 3 heteroatoms. The zero-order valence-corrected chi connectivity index (χ0v) is 12.7. The number of aromatic nitrogens is 1. The zero-order chi connectivity index (χ0) is 15.7. The number of aromatic hydroxyl groups is 1. The lowest BCUT2D eigenvalue weighted by Crippen LogP contribution is -1.90. The summed E-state index contributed by atoms with van der Waals surface area (Å²) in [6.07, 6.45) is 3.84. The Labute approximate surface area is 129 Å². The van der Waals surface area contributed by atoms with Gasteiger partial charge in [-0.15, -0.1) is 0 Å². The van der Waals surface area contributed by atoms with Crippen LogP contribution < -0.4 is 5.73 Å². The summed E-state index contributed by atoms with van der Waals surface area (Å²) in [5.41, 5.74) is 11.0. The molecular formula is C19H18N2O. The topological polar surface area (TPSA) is 59.1 Å². The molecule has 110 valence electrons. The Hall–Kier alpha value is -2.81. The molecule has 0 unspecified atom stereocenters. The second kappa shape index (κ2) is 5.53. The molecule has 0 saturated carbocycles. The van der Waals surface area contributed by atoms with Crippen molar-refractivity contribution in [2.24, 2.45) is 0 Å². The average molecular weight is 290 g/mol. The van der Waals surface area contributed by atoms with E-state index < -0.39 is 0 Å². The van der Waals surface area contributed by atoms with Crippen LogP contribution in [0.15, 0.2) is 42.5 Å². The van der Waals surface area contributed by atoms with Gasteiger partial charge in [-0.3, -0.25) is 0 Å². The summed E-state index contributed by atoms with van der Waals surface area (Å²) >= 11 is 0. The van der Waals surface area contributed by atoms with Crippen molar-refractivity contribution in [1.82, 2.24) is 4.98 Å². The molecule has 3 rings (SSSR count). The number of nitrogens with zero attached hydrogens (tertiary/aromatic N) is 1. The molecule has 1 heterocycles. The summed E-state index contributed by atoms with van der Waals surface area (Å²) in [4.78, 5) is 4.56. The van der Waals surface area contributed by atoms with E-state index in [2.05, 4.69) is 4.98 Å². The molecule has 0 aliphatic rings. The number of fused-ring (bicyclic) bond motifs is 1. The van der Waals surface area contributed by atoms with Gasteiger partial charge < -0.3 is 10.8 Å². The van der Waals surface area contributed by atoms with E-state index in [-0.39, 0.29) is 5.75 Å². The number of nitrogens with two attached hydrogens (primary N) is 1. The summed E-state index contributed by atoms with van der Waals surface area (Å²) < 4.78 is 0. The molecule has 0 spiro atoms. The van der Waals surface area contributed by atoms with Gasteiger partial charge in [-0.25, -0.2) is 4.98 Å². The van der Waals surface area contributed by atoms with Gasteiger partial charge in [0.15, 0.2) is 0 Å². The van der Waals surface area contributed by atoms with Crippen LogP contribution in [-0.4, -0.2) is 10.1 Å². The van der Waals surface area contributed by atoms with Gasteiger partial charge in [0, 0.05) is 11.1 Å². The summed E-state index contributed by atoms with van der Waals surface area (Å²) in [7, 11) is 0. The maximum atomic E-state index is 10.2. The van der Waals surface area contributed by atoms with Crippen LogP contribution in [0.3, 0.4) is 0 Å². The lowest BCUT2D eigenvalue weighted by Gasteiger charge is -2.08. The fraction of sp³-hybridized carbons (Fsp3) is 0.105. The molecule has 0 atom stereocenters. The number of nitrogen functional groups attached to an aromatic ring is 1. The van der Waals surface area contributed by atoms with Crippen molar-refractivity contribution >= 4 is 28.7 Å². The maximum Gasteiger partial charge on any atom is 0.144 e. The van der Waals surface area contributed by atoms with Gasteiger partial charge in [0.2, 0.25) is 0 Å². The number of rotatable bonds is 2. The summed E-state index contributed by atoms with van der Waals surface area (Å²) in [6.45, 7) is 3.91. The van der Waals surface area contributed by atoms with Crippen molar-refractivity contribution in [2.75, 3.05) is 5.73 Å². The first-order chi connectivity index (χ1) is 10.6. The SMILES string of the molecule is Cc1cc(C)c2ccc(C=Cc3ccccc3N)nc2c1O. The number of anilines is 1. The van der Waals surface area contributed by atoms with Crippen LogP contribution in [0.4, 0.5) is 5.69 Å². The lowest BCUT2D eigenvalue weighted by atomic mass is 10.0. The Kier molecular flexibility index (Phi) is 3.55. The summed E-state index contributed by atoms with van der Waals surface area (Å²) in [6, 6.07) is 13.6. The molecule has 2 aromatic carbocycles. The Balaban J connectivity index is 2.06. The van der Waals surface area contributed by atoms with Gasteiger partial charge in [-0.1, -0.05) is 36.4 Å². The highest BCUT2D eigenvalue weighted by molar-refractivity contribution is 5.89. The van der Waals surface area contributed by atoms with Gasteiger partial charge in [0.25, 0.3) is 0 Å². The van der Waals surface area contributed by atoms with Crippen molar-refractivity contribution in [3.05, 3.63) is 64.8 Å². The Morgan fingerprint density at radius 2 is 1.77 bits per heavy atom. The normalized spacial score (nSPS) is 11.4. The van der Waals surface area contributed by atoms with Crippen molar-refractivity contribution < 1.29 is 5.11 Å². The van der Waals surface area contributed by atoms with Crippen molar-refractivity contribution in [1.29, 1.82) is 0 Å². The zero-order valence-electron chi connectivity index (χ0n) is 12.7. The first-order valence-electron chi connectivity index (χ1n) is 7.19. The van der Waals surface area contributed by atoms with E-state index in [9.17, 15) is 5.11 Å². The molecule has 0 aliphatic carbocycles. The largest absolute Gasteiger partial charge is 0.505 e. The third-order valence-electron chi connectivity index (χ3n) is 3.80. The standard InChI is InChI=1S/C19H18N2O/c1-12-11-13(2)19(22)18-16(12)10-9-15(21-18)8-7-14-5-3-4-6-17(14)20/h3-11,22H,20H2,1-2H3. The van der Waals surface area contributed by atoms with Crippen LogP contribution in [0.1, 0.15) is 22.4 Å². The minimum Gasteiger partial charge on any atom is -0.505 e. The van der Waals surface area contributed by atoms with Crippen LogP contribution >= 0.6 is 0 Å². The molecule has 0 bridgehead atoms. The number of hydrogen-bond donors (Lipinski definition) is 2. The molecule has 1 aromatic heterocycles. The first kappa shape index (κ1) is 14.1. The first-order valence-corrected chi connectivity index (χ1v) is 7.19. The third-order valence-corrected chi connectivity index (χ3v) is 3.80. The number of phenolic OH excluding ortho intramolecular Hbond substituents is 1. The minimum atomic E-state index is 0.245. The Morgan fingerprint density at radius 3 is 2.55 bits per heavy atom. The fourth-order valence-corrected chi connectivity index (χ4v) is 2.56. The van der Waals surface area contributed by atoms with Crippen LogP contribution in [0.2, 0.25) is 0 Å². The van der Waals surface area contributed by atoms with Crippen molar-refractivity contribution in [3.8, 4) is 5.75 Å². The number of para-hydroxylation sites is 1. The molecule has 0 saturated heterocycles. The Morgan fingerprint density at radius 1 is 1.00 bits per heavy atom. The molecule has 0 radical (unpaired) electrons. The molecular weight excluding hydrogens is 272 g/mol. The van der Waals surface area contributed by atoms with E-state index in [1.54, 1.807) is 0 Å². The van der Waals surface area contributed by atoms with Crippen molar-refractivity contribution in [2.45, 2.75) is 13.8 Å². The predicted molar refractivity (Wildman–Crippen MR) is 92.7 cm³/mol. The van der Waals surface area contributed by atoms with Gasteiger partial charge in [-0.2, -0.15) is 0 Å². The van der Waals surface area contributed by atoms with E-state index in [4.69, 9.17) is 5.73 Å². The van der Waals surface area contributed by atoms with Gasteiger partial charge in [0.1, 0.15) is 11.3 Å². The molecule has 3 N–H and O–H groups in total. The van der Waals surface area contributed by atoms with Gasteiger partial charge in [0.05, 0.1) is 5.69 Å². The number of hydrogen-bond acceptors (Lipinski definition) is 3. The van der Waals surface area contributed by atoms with Crippen molar-refractivity contribution in [3.63, 3.8) is 0 Å². The average Bonchev–Trinajstić information content (AvgIpc) is 2.52. The minimum absolute atomic E-state index is 0.245. The molecule has 3 nitrogen and oxygen atoms in total. The van der Waals surface area contributed by atoms with Crippen LogP contribution in [0, 0.1) is 13.8 Å². The maximum absolute atomic E-state index is 10.2. The molecule has 3 aromatic rings. The molecule has 22 heavy (non-hydrogen) atoms. The van der Waals surface area contributed by atoms with Crippen LogP contribution in [-0.2, 0) is 0 Å². The monoisotopic (exact) mass is 290 g/mol. The van der Waals surface area contributed by atoms with Gasteiger partial charge in [-0.05, 0) is 48.7 Å². The number of phenols is 1. The molecule has 0 amide bonds. The second-order valence-electron chi connectivity index (χ2n) is 5.45. The van der Waals surface area contributed by atoms with Gasteiger partial charge >= 0.3 is 0 Å². The molecule has 0 fully saturated rings. The number of pyridine rings is 1. The fourth-order valence-electron chi connectivity index (χ4n) is 2.56. The predicted octanol–water partition coefficient (Wildman–Crippen LogP) is 4.31. The number of aryl methyl sites for hydroxylation is 2. The van der Waals surface area contributed by atoms with E-state index in [1.807, 2.05) is 68.5 Å². The third kappa shape index (κ3) is 2.53. The van der Waals surface area contributed by atoms with Crippen LogP contribution in [0.25, 0.3) is 23.1 Å². The highest BCUT2D eigenvalue weighted by atomic mass is 16.3.